The van der Waals surface area contributed by atoms with Gasteiger partial charge in [-0.1, -0.05) is 0 Å². The topological polar surface area (TPSA) is 35.2 Å². The zero-order valence-electron chi connectivity index (χ0n) is 7.56. The lowest BCUT2D eigenvalue weighted by Gasteiger charge is -2.12. The number of hydrogen-bond acceptors (Lipinski definition) is 2. The summed E-state index contributed by atoms with van der Waals surface area (Å²) in [7, 11) is 1.24. The third-order valence-corrected chi connectivity index (χ3v) is 1.85. The molecule has 0 unspecified atom stereocenters. The molecule has 14 heavy (non-hydrogen) atoms. The van der Waals surface area contributed by atoms with E-state index in [2.05, 4.69) is 4.74 Å². The quantitative estimate of drug-likeness (QED) is 0.818. The van der Waals surface area contributed by atoms with Gasteiger partial charge in [0.15, 0.2) is 11.6 Å². The van der Waals surface area contributed by atoms with Crippen LogP contribution in [0.25, 0.3) is 0 Å². The van der Waals surface area contributed by atoms with Crippen LogP contribution in [0.3, 0.4) is 0 Å². The molecular formula is C9H10F3NO. The first-order chi connectivity index (χ1) is 6.61. The van der Waals surface area contributed by atoms with Gasteiger partial charge in [-0.3, -0.25) is 0 Å². The molecule has 0 amide bonds. The summed E-state index contributed by atoms with van der Waals surface area (Å²) in [5.41, 5.74) is 4.73. The van der Waals surface area contributed by atoms with E-state index in [-0.39, 0.29) is 5.75 Å². The molecule has 0 radical (unpaired) electrons. The standard InChI is InChI=1S/C9H10F3NO/c1-14-7-3-2-5(11)8(9(7)12)6(13)4-10/h2-3,6H,4,13H2,1H3/t6-/m1/s1. The fourth-order valence-corrected chi connectivity index (χ4v) is 1.12. The number of rotatable bonds is 3. The Hall–Kier alpha value is -1.23. The number of alkyl halides is 1. The van der Waals surface area contributed by atoms with Crippen LogP contribution in [-0.4, -0.2) is 13.8 Å². The van der Waals surface area contributed by atoms with Gasteiger partial charge in [0.25, 0.3) is 0 Å². The predicted molar refractivity (Wildman–Crippen MR) is 45.8 cm³/mol. The van der Waals surface area contributed by atoms with Gasteiger partial charge in [0.2, 0.25) is 0 Å². The summed E-state index contributed by atoms with van der Waals surface area (Å²) in [6.45, 7) is -1.03. The zero-order valence-corrected chi connectivity index (χ0v) is 7.56. The first kappa shape index (κ1) is 10.8. The number of benzene rings is 1. The molecule has 0 aliphatic heterocycles. The summed E-state index contributed by atoms with van der Waals surface area (Å²) >= 11 is 0. The summed E-state index contributed by atoms with van der Waals surface area (Å²) < 4.78 is 43.2. The van der Waals surface area contributed by atoms with Crippen LogP contribution in [0, 0.1) is 11.6 Å². The van der Waals surface area contributed by atoms with Crippen molar-refractivity contribution in [2.24, 2.45) is 5.73 Å². The van der Waals surface area contributed by atoms with E-state index in [1.807, 2.05) is 0 Å². The van der Waals surface area contributed by atoms with Gasteiger partial charge in [0.1, 0.15) is 12.5 Å². The van der Waals surface area contributed by atoms with E-state index in [9.17, 15) is 13.2 Å². The molecule has 2 nitrogen and oxygen atoms in total. The Kier molecular flexibility index (Phi) is 3.35. The van der Waals surface area contributed by atoms with E-state index in [4.69, 9.17) is 5.73 Å². The van der Waals surface area contributed by atoms with E-state index in [0.717, 1.165) is 12.1 Å². The largest absolute Gasteiger partial charge is 0.494 e. The highest BCUT2D eigenvalue weighted by Crippen LogP contribution is 2.26. The smallest absolute Gasteiger partial charge is 0.172 e. The molecule has 0 bridgehead atoms. The highest BCUT2D eigenvalue weighted by molar-refractivity contribution is 5.34. The van der Waals surface area contributed by atoms with Crippen LogP contribution in [-0.2, 0) is 0 Å². The fraction of sp³-hybridized carbons (Fsp3) is 0.333. The highest BCUT2D eigenvalue weighted by atomic mass is 19.1. The van der Waals surface area contributed by atoms with Gasteiger partial charge in [-0.15, -0.1) is 0 Å². The molecule has 2 N–H and O–H groups in total. The molecule has 0 spiro atoms. The van der Waals surface area contributed by atoms with Crippen LogP contribution in [0.5, 0.6) is 5.75 Å². The van der Waals surface area contributed by atoms with Crippen molar-refractivity contribution in [3.05, 3.63) is 29.3 Å². The number of ether oxygens (including phenoxy) is 1. The zero-order chi connectivity index (χ0) is 10.7. The van der Waals surface area contributed by atoms with Crippen LogP contribution in [0.1, 0.15) is 11.6 Å². The molecule has 0 aliphatic carbocycles. The molecule has 1 aromatic carbocycles. The van der Waals surface area contributed by atoms with E-state index >= 15 is 0 Å². The monoisotopic (exact) mass is 205 g/mol. The third kappa shape index (κ3) is 1.82. The maximum Gasteiger partial charge on any atom is 0.172 e. The van der Waals surface area contributed by atoms with Gasteiger partial charge < -0.3 is 10.5 Å². The van der Waals surface area contributed by atoms with Crippen LogP contribution in [0.4, 0.5) is 13.2 Å². The molecule has 78 valence electrons. The Balaban J connectivity index is 3.25. The van der Waals surface area contributed by atoms with Crippen molar-refractivity contribution in [3.63, 3.8) is 0 Å². The Morgan fingerprint density at radius 3 is 2.57 bits per heavy atom. The molecule has 1 rings (SSSR count). The molecule has 1 aromatic rings. The summed E-state index contributed by atoms with van der Waals surface area (Å²) in [5.74, 6) is -1.96. The second kappa shape index (κ2) is 4.32. The highest BCUT2D eigenvalue weighted by Gasteiger charge is 2.19. The summed E-state index contributed by atoms with van der Waals surface area (Å²) in [4.78, 5) is 0. The van der Waals surface area contributed by atoms with E-state index in [1.165, 1.54) is 7.11 Å². The number of hydrogen-bond donors (Lipinski definition) is 1. The van der Waals surface area contributed by atoms with Crippen LogP contribution < -0.4 is 10.5 Å². The van der Waals surface area contributed by atoms with Crippen molar-refractivity contribution in [2.75, 3.05) is 13.8 Å². The van der Waals surface area contributed by atoms with E-state index in [1.54, 1.807) is 0 Å². The second-order valence-corrected chi connectivity index (χ2v) is 2.74. The number of methoxy groups -OCH3 is 1. The fourth-order valence-electron chi connectivity index (χ4n) is 1.12. The maximum absolute atomic E-state index is 13.4. The van der Waals surface area contributed by atoms with Gasteiger partial charge in [0, 0.05) is 5.56 Å². The lowest BCUT2D eigenvalue weighted by molar-refractivity contribution is 0.368. The molecule has 0 saturated carbocycles. The SMILES string of the molecule is COc1ccc(F)c([C@H](N)CF)c1F. The maximum atomic E-state index is 13.4. The van der Waals surface area contributed by atoms with Gasteiger partial charge in [-0.25, -0.2) is 13.2 Å². The van der Waals surface area contributed by atoms with Crippen LogP contribution >= 0.6 is 0 Å². The molecule has 5 heteroatoms. The van der Waals surface area contributed by atoms with Crippen molar-refractivity contribution in [1.82, 2.24) is 0 Å². The Labute approximate surface area is 79.5 Å². The average Bonchev–Trinajstić information content (AvgIpc) is 2.18. The minimum atomic E-state index is -1.30. The van der Waals surface area contributed by atoms with Gasteiger partial charge >= 0.3 is 0 Å². The van der Waals surface area contributed by atoms with Crippen molar-refractivity contribution in [2.45, 2.75) is 6.04 Å². The van der Waals surface area contributed by atoms with E-state index in [0.29, 0.717) is 0 Å². The first-order valence-corrected chi connectivity index (χ1v) is 3.95. The minimum absolute atomic E-state index is 0.148. The van der Waals surface area contributed by atoms with Crippen LogP contribution in [0.2, 0.25) is 0 Å². The molecule has 0 aromatic heterocycles. The normalized spacial score (nSPS) is 12.6. The van der Waals surface area contributed by atoms with Gasteiger partial charge in [0.05, 0.1) is 13.2 Å². The first-order valence-electron chi connectivity index (χ1n) is 3.95. The molecule has 0 saturated heterocycles. The lowest BCUT2D eigenvalue weighted by Crippen LogP contribution is -2.16. The Bertz CT molecular complexity index is 330. The van der Waals surface area contributed by atoms with Crippen molar-refractivity contribution >= 4 is 0 Å². The summed E-state index contributed by atoms with van der Waals surface area (Å²) in [5, 5.41) is 0. The predicted octanol–water partition coefficient (Wildman–Crippen LogP) is 1.94. The average molecular weight is 205 g/mol. The van der Waals surface area contributed by atoms with Gasteiger partial charge in [-0.2, -0.15) is 0 Å². The molecule has 0 aliphatic rings. The van der Waals surface area contributed by atoms with Crippen molar-refractivity contribution < 1.29 is 17.9 Å². The Morgan fingerprint density at radius 1 is 1.43 bits per heavy atom. The molecule has 0 heterocycles. The van der Waals surface area contributed by atoms with Crippen molar-refractivity contribution in [3.8, 4) is 5.75 Å². The second-order valence-electron chi connectivity index (χ2n) is 2.74. The minimum Gasteiger partial charge on any atom is -0.494 e. The molecule has 0 fully saturated rings. The lowest BCUT2D eigenvalue weighted by atomic mass is 10.1. The molecular weight excluding hydrogens is 195 g/mol. The third-order valence-electron chi connectivity index (χ3n) is 1.85. The van der Waals surface area contributed by atoms with E-state index < -0.39 is 29.9 Å². The number of halogens is 3. The summed E-state index contributed by atoms with van der Waals surface area (Å²) in [6.07, 6.45) is 0. The molecule has 1 atom stereocenters. The van der Waals surface area contributed by atoms with Crippen molar-refractivity contribution in [1.29, 1.82) is 0 Å². The Morgan fingerprint density at radius 2 is 2.07 bits per heavy atom. The van der Waals surface area contributed by atoms with Gasteiger partial charge in [-0.05, 0) is 12.1 Å². The number of nitrogens with two attached hydrogens (primary N) is 1. The summed E-state index contributed by atoms with van der Waals surface area (Å²) in [6, 6.07) is 0.816. The van der Waals surface area contributed by atoms with Crippen LogP contribution in [0.15, 0.2) is 12.1 Å².